The van der Waals surface area contributed by atoms with E-state index in [0.29, 0.717) is 0 Å². The molecule has 0 aliphatic carbocycles. The van der Waals surface area contributed by atoms with E-state index >= 15 is 0 Å². The van der Waals surface area contributed by atoms with Crippen LogP contribution in [-0.2, 0) is 9.53 Å². The fraction of sp³-hybridized carbons (Fsp3) is 0.625. The molecule has 1 atom stereocenters. The molecular formula is C8H13NO5. The smallest absolute Gasteiger partial charge is 0.333 e. The molecule has 1 unspecified atom stereocenters. The van der Waals surface area contributed by atoms with Gasteiger partial charge in [-0.25, -0.2) is 4.79 Å². The van der Waals surface area contributed by atoms with Crippen molar-refractivity contribution in [2.45, 2.75) is 19.4 Å². The maximum Gasteiger partial charge on any atom is 0.333 e. The zero-order valence-corrected chi connectivity index (χ0v) is 8.15. The van der Waals surface area contributed by atoms with Crippen molar-refractivity contribution in [3.63, 3.8) is 0 Å². The Morgan fingerprint density at radius 1 is 1.71 bits per heavy atom. The van der Waals surface area contributed by atoms with Gasteiger partial charge in [0.15, 0.2) is 6.61 Å². The number of carbonyl (C=O) groups is 1. The summed E-state index contributed by atoms with van der Waals surface area (Å²) in [6, 6.07) is 0. The van der Waals surface area contributed by atoms with Crippen molar-refractivity contribution < 1.29 is 19.6 Å². The molecule has 0 spiro atoms. The molecule has 1 N–H and O–H groups in total. The van der Waals surface area contributed by atoms with E-state index in [-0.39, 0.29) is 5.57 Å². The van der Waals surface area contributed by atoms with Crippen LogP contribution in [0.1, 0.15) is 13.8 Å². The predicted molar refractivity (Wildman–Crippen MR) is 48.3 cm³/mol. The zero-order valence-electron chi connectivity index (χ0n) is 8.15. The molecule has 0 aromatic heterocycles. The van der Waals surface area contributed by atoms with Crippen molar-refractivity contribution in [1.29, 1.82) is 0 Å². The Bertz CT molecular complexity index is 262. The third-order valence-electron chi connectivity index (χ3n) is 1.64. The molecule has 0 fully saturated rings. The van der Waals surface area contributed by atoms with Gasteiger partial charge in [0, 0.05) is 17.4 Å². The standard InChI is InChI=1S/C8H13NO5/c1-6(2)7(11)14-5-8(3,4-10)9(12)13/h10H,1,4-5H2,2-3H3. The topological polar surface area (TPSA) is 89.7 Å². The molecule has 0 heterocycles. The Hall–Kier alpha value is -1.43. The molecule has 80 valence electrons. The van der Waals surface area contributed by atoms with E-state index < -0.39 is 29.6 Å². The van der Waals surface area contributed by atoms with Gasteiger partial charge in [0.2, 0.25) is 0 Å². The molecule has 0 rings (SSSR count). The third-order valence-corrected chi connectivity index (χ3v) is 1.64. The van der Waals surface area contributed by atoms with Gasteiger partial charge in [-0.2, -0.15) is 0 Å². The highest BCUT2D eigenvalue weighted by molar-refractivity contribution is 5.86. The molecule has 0 aliphatic heterocycles. The van der Waals surface area contributed by atoms with Crippen molar-refractivity contribution in [1.82, 2.24) is 0 Å². The number of ether oxygens (including phenoxy) is 1. The fourth-order valence-electron chi connectivity index (χ4n) is 0.500. The second-order valence-corrected chi connectivity index (χ2v) is 3.27. The van der Waals surface area contributed by atoms with E-state index in [4.69, 9.17) is 5.11 Å². The first-order chi connectivity index (χ1) is 6.33. The molecule has 0 amide bonds. The average Bonchev–Trinajstić information content (AvgIpc) is 2.12. The Morgan fingerprint density at radius 3 is 2.50 bits per heavy atom. The lowest BCUT2D eigenvalue weighted by atomic mass is 10.1. The summed E-state index contributed by atoms with van der Waals surface area (Å²) in [4.78, 5) is 20.7. The van der Waals surface area contributed by atoms with Gasteiger partial charge in [-0.05, 0) is 6.92 Å². The minimum Gasteiger partial charge on any atom is -0.455 e. The molecule has 14 heavy (non-hydrogen) atoms. The lowest BCUT2D eigenvalue weighted by Gasteiger charge is -2.17. The molecule has 0 saturated heterocycles. The van der Waals surface area contributed by atoms with Gasteiger partial charge in [0.05, 0.1) is 0 Å². The molecule has 0 bridgehead atoms. The van der Waals surface area contributed by atoms with Crippen LogP contribution < -0.4 is 0 Å². The van der Waals surface area contributed by atoms with Gasteiger partial charge in [0.25, 0.3) is 5.54 Å². The fourth-order valence-corrected chi connectivity index (χ4v) is 0.500. The number of nitrogens with zero attached hydrogens (tertiary/aromatic N) is 1. The van der Waals surface area contributed by atoms with E-state index in [9.17, 15) is 14.9 Å². The van der Waals surface area contributed by atoms with Crippen LogP contribution in [0.2, 0.25) is 0 Å². The third kappa shape index (κ3) is 3.14. The number of hydrogen-bond donors (Lipinski definition) is 1. The van der Waals surface area contributed by atoms with Crippen molar-refractivity contribution >= 4 is 5.97 Å². The van der Waals surface area contributed by atoms with E-state index in [0.717, 1.165) is 0 Å². The molecule has 0 aromatic rings. The van der Waals surface area contributed by atoms with Crippen molar-refractivity contribution in [3.05, 3.63) is 22.3 Å². The van der Waals surface area contributed by atoms with Gasteiger partial charge in [-0.3, -0.25) is 10.1 Å². The lowest BCUT2D eigenvalue weighted by molar-refractivity contribution is -0.571. The Labute approximate surface area is 81.3 Å². The summed E-state index contributed by atoms with van der Waals surface area (Å²) in [5.74, 6) is -0.702. The predicted octanol–water partition coefficient (Wildman–Crippen LogP) is 0.133. The highest BCUT2D eigenvalue weighted by Crippen LogP contribution is 2.09. The minimum absolute atomic E-state index is 0.161. The molecular weight excluding hydrogens is 190 g/mol. The first kappa shape index (κ1) is 12.6. The zero-order chi connectivity index (χ0) is 11.4. The maximum atomic E-state index is 10.9. The van der Waals surface area contributed by atoms with Crippen LogP contribution in [0.4, 0.5) is 0 Å². The first-order valence-electron chi connectivity index (χ1n) is 3.91. The molecule has 0 saturated carbocycles. The van der Waals surface area contributed by atoms with Gasteiger partial charge >= 0.3 is 5.97 Å². The highest BCUT2D eigenvalue weighted by Gasteiger charge is 2.38. The Morgan fingerprint density at radius 2 is 2.21 bits per heavy atom. The maximum absolute atomic E-state index is 10.9. The Kier molecular flexibility index (Phi) is 4.23. The van der Waals surface area contributed by atoms with Gasteiger partial charge in [0.1, 0.15) is 6.61 Å². The van der Waals surface area contributed by atoms with Crippen LogP contribution in [-0.4, -0.2) is 34.8 Å². The van der Waals surface area contributed by atoms with Crippen LogP contribution in [0.3, 0.4) is 0 Å². The summed E-state index contributed by atoms with van der Waals surface area (Å²) in [5.41, 5.74) is -1.49. The minimum atomic E-state index is -1.65. The number of esters is 1. The molecule has 0 aromatic carbocycles. The number of nitro groups is 1. The van der Waals surface area contributed by atoms with Crippen LogP contribution in [0.15, 0.2) is 12.2 Å². The SMILES string of the molecule is C=C(C)C(=O)OCC(C)(CO)[N+](=O)[O-]. The first-order valence-corrected chi connectivity index (χ1v) is 3.91. The monoisotopic (exact) mass is 203 g/mol. The quantitative estimate of drug-likeness (QED) is 0.297. The summed E-state index contributed by atoms with van der Waals surface area (Å²) in [5, 5.41) is 19.2. The van der Waals surface area contributed by atoms with E-state index in [1.807, 2.05) is 0 Å². The molecule has 0 aliphatic rings. The van der Waals surface area contributed by atoms with Crippen LogP contribution >= 0.6 is 0 Å². The van der Waals surface area contributed by atoms with Crippen LogP contribution in [0.5, 0.6) is 0 Å². The number of carbonyl (C=O) groups excluding carboxylic acids is 1. The molecule has 6 nitrogen and oxygen atoms in total. The average molecular weight is 203 g/mol. The van der Waals surface area contributed by atoms with Gasteiger partial charge < -0.3 is 9.84 Å². The largest absolute Gasteiger partial charge is 0.455 e. The molecule has 0 radical (unpaired) electrons. The summed E-state index contributed by atoms with van der Waals surface area (Å²) >= 11 is 0. The second kappa shape index (κ2) is 4.71. The van der Waals surface area contributed by atoms with Crippen molar-refractivity contribution in [2.75, 3.05) is 13.2 Å². The normalized spacial score (nSPS) is 14.2. The number of hydrogen-bond acceptors (Lipinski definition) is 5. The molecule has 6 heteroatoms. The summed E-state index contributed by atoms with van der Waals surface area (Å²) in [6.07, 6.45) is 0. The highest BCUT2D eigenvalue weighted by atomic mass is 16.6. The van der Waals surface area contributed by atoms with Crippen molar-refractivity contribution in [3.8, 4) is 0 Å². The number of aliphatic hydroxyl groups is 1. The van der Waals surface area contributed by atoms with E-state index in [1.54, 1.807) is 0 Å². The summed E-state index contributed by atoms with van der Waals surface area (Å²) in [6.45, 7) is 4.79. The summed E-state index contributed by atoms with van der Waals surface area (Å²) < 4.78 is 4.58. The van der Waals surface area contributed by atoms with Crippen molar-refractivity contribution in [2.24, 2.45) is 0 Å². The lowest BCUT2D eigenvalue weighted by Crippen LogP contribution is -2.44. The second-order valence-electron chi connectivity index (χ2n) is 3.27. The summed E-state index contributed by atoms with van der Waals surface area (Å²) in [7, 11) is 0. The van der Waals surface area contributed by atoms with Gasteiger partial charge in [-0.15, -0.1) is 0 Å². The Balaban J connectivity index is 4.29. The number of rotatable bonds is 5. The van der Waals surface area contributed by atoms with Gasteiger partial charge in [-0.1, -0.05) is 6.58 Å². The number of aliphatic hydroxyl groups excluding tert-OH is 1. The van der Waals surface area contributed by atoms with Crippen LogP contribution in [0.25, 0.3) is 0 Å². The van der Waals surface area contributed by atoms with E-state index in [1.165, 1.54) is 13.8 Å². The van der Waals surface area contributed by atoms with E-state index in [2.05, 4.69) is 11.3 Å². The van der Waals surface area contributed by atoms with Crippen LogP contribution in [0, 0.1) is 10.1 Å².